The molecule has 0 aliphatic heterocycles. The maximum atomic E-state index is 11.3. The minimum atomic E-state index is -1.37. The highest BCUT2D eigenvalue weighted by Gasteiger charge is 2.09. The Morgan fingerprint density at radius 1 is 1.21 bits per heavy atom. The van der Waals surface area contributed by atoms with E-state index in [1.807, 2.05) is 0 Å². The molecular weight excluding hydrogens is 252 g/mol. The fourth-order valence-electron chi connectivity index (χ4n) is 1.37. The van der Waals surface area contributed by atoms with Gasteiger partial charge >= 0.3 is 5.97 Å². The zero-order chi connectivity index (χ0) is 14.4. The highest BCUT2D eigenvalue weighted by molar-refractivity contribution is 5.94. The summed E-state index contributed by atoms with van der Waals surface area (Å²) in [6, 6.07) is 4.46. The molecule has 0 saturated carbocycles. The lowest BCUT2D eigenvalue weighted by Crippen LogP contribution is -2.29. The molecule has 0 amide bonds. The molecule has 0 atom stereocenters. The number of carboxylic acids is 1. The van der Waals surface area contributed by atoms with Gasteiger partial charge in [0.1, 0.15) is 19.0 Å². The predicted octanol–water partition coefficient (Wildman–Crippen LogP) is 0.0810. The summed E-state index contributed by atoms with van der Waals surface area (Å²) in [5.41, 5.74) is 0.840. The maximum absolute atomic E-state index is 11.3. The van der Waals surface area contributed by atoms with Crippen LogP contribution in [0.1, 0.15) is 29.8 Å². The third-order valence-electron chi connectivity index (χ3n) is 2.24. The SMILES string of the molecule is CC(=O)OCc1cc(C(C)=O)ccc1OCC(=O)[O-]. The average Bonchev–Trinajstić information content (AvgIpc) is 2.33. The third kappa shape index (κ3) is 4.79. The van der Waals surface area contributed by atoms with Gasteiger partial charge < -0.3 is 19.4 Å². The molecule has 1 rings (SSSR count). The van der Waals surface area contributed by atoms with Crippen molar-refractivity contribution in [2.75, 3.05) is 6.61 Å². The van der Waals surface area contributed by atoms with Gasteiger partial charge in [0.2, 0.25) is 0 Å². The van der Waals surface area contributed by atoms with Crippen LogP contribution in [0.5, 0.6) is 5.75 Å². The number of hydrogen-bond acceptors (Lipinski definition) is 6. The van der Waals surface area contributed by atoms with Crippen LogP contribution in [-0.2, 0) is 20.9 Å². The van der Waals surface area contributed by atoms with Crippen LogP contribution in [0.2, 0.25) is 0 Å². The molecule has 102 valence electrons. The molecule has 0 aromatic heterocycles. The third-order valence-corrected chi connectivity index (χ3v) is 2.24. The first kappa shape index (κ1) is 14.7. The van der Waals surface area contributed by atoms with Crippen molar-refractivity contribution in [2.24, 2.45) is 0 Å². The lowest BCUT2D eigenvalue weighted by atomic mass is 10.1. The number of benzene rings is 1. The number of carbonyl (C=O) groups excluding carboxylic acids is 3. The van der Waals surface area contributed by atoms with Crippen LogP contribution < -0.4 is 9.84 Å². The van der Waals surface area contributed by atoms with Crippen molar-refractivity contribution in [1.29, 1.82) is 0 Å². The maximum Gasteiger partial charge on any atom is 0.302 e. The van der Waals surface area contributed by atoms with Gasteiger partial charge in [-0.05, 0) is 25.1 Å². The molecule has 0 radical (unpaired) electrons. The summed E-state index contributed by atoms with van der Waals surface area (Å²) < 4.78 is 9.82. The van der Waals surface area contributed by atoms with Crippen molar-refractivity contribution in [1.82, 2.24) is 0 Å². The Morgan fingerprint density at radius 3 is 2.42 bits per heavy atom. The van der Waals surface area contributed by atoms with Gasteiger partial charge in [0.15, 0.2) is 5.78 Å². The minimum Gasteiger partial charge on any atom is -0.546 e. The molecule has 0 unspecified atom stereocenters. The molecule has 0 heterocycles. The standard InChI is InChI=1S/C13H14O6/c1-8(14)10-3-4-12(19-7-13(16)17)11(5-10)6-18-9(2)15/h3-5H,6-7H2,1-2H3,(H,16,17)/p-1. The van der Waals surface area contributed by atoms with Crippen LogP contribution in [-0.4, -0.2) is 24.3 Å². The second-order valence-electron chi connectivity index (χ2n) is 3.82. The smallest absolute Gasteiger partial charge is 0.302 e. The Kier molecular flexibility index (Phi) is 5.05. The molecule has 0 bridgehead atoms. The summed E-state index contributed by atoms with van der Waals surface area (Å²) in [5.74, 6) is -1.78. The zero-order valence-corrected chi connectivity index (χ0v) is 10.6. The van der Waals surface area contributed by atoms with Gasteiger partial charge in [-0.25, -0.2) is 0 Å². The average molecular weight is 265 g/mol. The van der Waals surface area contributed by atoms with E-state index in [4.69, 9.17) is 9.47 Å². The topological polar surface area (TPSA) is 92.7 Å². The zero-order valence-electron chi connectivity index (χ0n) is 10.6. The van der Waals surface area contributed by atoms with E-state index in [0.717, 1.165) is 0 Å². The monoisotopic (exact) mass is 265 g/mol. The van der Waals surface area contributed by atoms with Crippen LogP contribution in [0.3, 0.4) is 0 Å². The van der Waals surface area contributed by atoms with Crippen molar-refractivity contribution >= 4 is 17.7 Å². The van der Waals surface area contributed by atoms with E-state index in [-0.39, 0.29) is 18.1 Å². The summed E-state index contributed by atoms with van der Waals surface area (Å²) in [6.07, 6.45) is 0. The van der Waals surface area contributed by atoms with Gasteiger partial charge in [0.05, 0.1) is 5.97 Å². The van der Waals surface area contributed by atoms with E-state index in [2.05, 4.69) is 0 Å². The van der Waals surface area contributed by atoms with Gasteiger partial charge in [-0.1, -0.05) is 0 Å². The summed E-state index contributed by atoms with van der Waals surface area (Å²) in [4.78, 5) is 32.4. The van der Waals surface area contributed by atoms with Gasteiger partial charge in [-0.15, -0.1) is 0 Å². The van der Waals surface area contributed by atoms with E-state index in [0.29, 0.717) is 11.1 Å². The second kappa shape index (κ2) is 6.53. The van der Waals surface area contributed by atoms with Crippen LogP contribution in [0.25, 0.3) is 0 Å². The Bertz CT molecular complexity index is 506. The number of esters is 1. The molecule has 19 heavy (non-hydrogen) atoms. The van der Waals surface area contributed by atoms with E-state index in [9.17, 15) is 19.5 Å². The second-order valence-corrected chi connectivity index (χ2v) is 3.82. The molecule has 1 aromatic rings. The van der Waals surface area contributed by atoms with E-state index in [1.54, 1.807) is 0 Å². The summed E-state index contributed by atoms with van der Waals surface area (Å²) in [7, 11) is 0. The molecule has 0 N–H and O–H groups in total. The highest BCUT2D eigenvalue weighted by atomic mass is 16.5. The summed E-state index contributed by atoms with van der Waals surface area (Å²) >= 11 is 0. The number of ether oxygens (including phenoxy) is 2. The lowest BCUT2D eigenvalue weighted by Gasteiger charge is -2.13. The van der Waals surface area contributed by atoms with Crippen molar-refractivity contribution in [3.05, 3.63) is 29.3 Å². The number of carboxylic acid groups (broad SMARTS) is 1. The first-order valence-electron chi connectivity index (χ1n) is 5.50. The predicted molar refractivity (Wildman–Crippen MR) is 62.4 cm³/mol. The normalized spacial score (nSPS) is 9.79. The lowest BCUT2D eigenvalue weighted by molar-refractivity contribution is -0.307. The first-order chi connectivity index (χ1) is 8.90. The fraction of sp³-hybridized carbons (Fsp3) is 0.308. The minimum absolute atomic E-state index is 0.0984. The van der Waals surface area contributed by atoms with Gasteiger partial charge in [0, 0.05) is 18.1 Å². The summed E-state index contributed by atoms with van der Waals surface area (Å²) in [6.45, 7) is 1.93. The molecule has 0 aliphatic carbocycles. The van der Waals surface area contributed by atoms with Crippen molar-refractivity contribution < 1.29 is 29.0 Å². The van der Waals surface area contributed by atoms with E-state index >= 15 is 0 Å². The molecule has 0 spiro atoms. The van der Waals surface area contributed by atoms with Crippen LogP contribution in [0.4, 0.5) is 0 Å². The van der Waals surface area contributed by atoms with Crippen LogP contribution in [0.15, 0.2) is 18.2 Å². The molecular formula is C13H13O6-. The van der Waals surface area contributed by atoms with Crippen molar-refractivity contribution in [3.8, 4) is 5.75 Å². The van der Waals surface area contributed by atoms with E-state index < -0.39 is 18.5 Å². The van der Waals surface area contributed by atoms with Crippen molar-refractivity contribution in [3.63, 3.8) is 0 Å². The van der Waals surface area contributed by atoms with Gasteiger partial charge in [-0.2, -0.15) is 0 Å². The van der Waals surface area contributed by atoms with Gasteiger partial charge in [-0.3, -0.25) is 9.59 Å². The molecule has 0 fully saturated rings. The molecule has 0 aliphatic rings. The fourth-order valence-corrected chi connectivity index (χ4v) is 1.37. The summed E-state index contributed by atoms with van der Waals surface area (Å²) in [5, 5.41) is 10.3. The van der Waals surface area contributed by atoms with Crippen LogP contribution >= 0.6 is 0 Å². The Labute approximate surface area is 109 Å². The molecule has 6 heteroatoms. The number of ketones is 1. The number of Topliss-reactive ketones (excluding diaryl/α,β-unsaturated/α-hetero) is 1. The molecule has 1 aromatic carbocycles. The highest BCUT2D eigenvalue weighted by Crippen LogP contribution is 2.21. The Morgan fingerprint density at radius 2 is 1.89 bits per heavy atom. The van der Waals surface area contributed by atoms with Crippen molar-refractivity contribution in [2.45, 2.75) is 20.5 Å². The number of rotatable bonds is 6. The Hall–Kier alpha value is -2.37. The quantitative estimate of drug-likeness (QED) is 0.534. The first-order valence-corrected chi connectivity index (χ1v) is 5.50. The molecule has 0 saturated heterocycles. The number of hydrogen-bond donors (Lipinski definition) is 0. The van der Waals surface area contributed by atoms with E-state index in [1.165, 1.54) is 32.0 Å². The number of carbonyl (C=O) groups is 3. The van der Waals surface area contributed by atoms with Crippen LogP contribution in [0, 0.1) is 0 Å². The largest absolute Gasteiger partial charge is 0.546 e. The molecule has 6 nitrogen and oxygen atoms in total. The number of aliphatic carboxylic acids is 1. The Balaban J connectivity index is 2.96. The van der Waals surface area contributed by atoms with Gasteiger partial charge in [0.25, 0.3) is 0 Å².